The Morgan fingerprint density at radius 3 is 2.75 bits per heavy atom. The van der Waals surface area contributed by atoms with Gasteiger partial charge in [-0.05, 0) is 30.4 Å². The first-order valence-electron chi connectivity index (χ1n) is 6.00. The molecule has 0 spiro atoms. The van der Waals surface area contributed by atoms with Gasteiger partial charge in [0.05, 0.1) is 0 Å². The maximum Gasteiger partial charge on any atom is 0.0446 e. The molecule has 1 heteroatoms. The molecule has 0 heterocycles. The van der Waals surface area contributed by atoms with Crippen LogP contribution in [0.4, 0.5) is 0 Å². The summed E-state index contributed by atoms with van der Waals surface area (Å²) in [5, 5.41) is 0.875. The van der Waals surface area contributed by atoms with Gasteiger partial charge in [0.25, 0.3) is 0 Å². The molecule has 0 nitrogen and oxygen atoms in total. The lowest BCUT2D eigenvalue weighted by Crippen LogP contribution is -2.31. The highest BCUT2D eigenvalue weighted by molar-refractivity contribution is 6.31. The molecule has 0 amide bonds. The molecule has 2 atom stereocenters. The van der Waals surface area contributed by atoms with E-state index >= 15 is 0 Å². The SMILES string of the molecule is C=C1C(C)CCCC1(C)c1ccccc1Cl. The molecule has 1 aliphatic rings. The van der Waals surface area contributed by atoms with Crippen LogP contribution in [-0.2, 0) is 5.41 Å². The minimum absolute atomic E-state index is 0.0655. The molecule has 1 aromatic carbocycles. The summed E-state index contributed by atoms with van der Waals surface area (Å²) in [4.78, 5) is 0. The number of halogens is 1. The molecular weight excluding hydrogens is 216 g/mol. The number of hydrogen-bond acceptors (Lipinski definition) is 0. The maximum absolute atomic E-state index is 6.32. The normalized spacial score (nSPS) is 30.4. The molecule has 0 bridgehead atoms. The zero-order valence-corrected chi connectivity index (χ0v) is 10.8. The molecule has 16 heavy (non-hydrogen) atoms. The first-order chi connectivity index (χ1) is 7.55. The largest absolute Gasteiger partial charge is 0.0987 e. The van der Waals surface area contributed by atoms with Crippen LogP contribution in [0.5, 0.6) is 0 Å². The number of allylic oxidation sites excluding steroid dienone is 1. The van der Waals surface area contributed by atoms with Crippen LogP contribution in [0, 0.1) is 5.92 Å². The van der Waals surface area contributed by atoms with Crippen molar-refractivity contribution < 1.29 is 0 Å². The molecule has 0 N–H and O–H groups in total. The number of hydrogen-bond donors (Lipinski definition) is 0. The highest BCUT2D eigenvalue weighted by atomic mass is 35.5. The predicted molar refractivity (Wildman–Crippen MR) is 71.0 cm³/mol. The number of rotatable bonds is 1. The summed E-state index contributed by atoms with van der Waals surface area (Å²) < 4.78 is 0. The van der Waals surface area contributed by atoms with Crippen LogP contribution < -0.4 is 0 Å². The van der Waals surface area contributed by atoms with Crippen LogP contribution in [0.15, 0.2) is 36.4 Å². The van der Waals surface area contributed by atoms with Gasteiger partial charge in [-0.3, -0.25) is 0 Å². The molecule has 1 saturated carbocycles. The smallest absolute Gasteiger partial charge is 0.0446 e. The van der Waals surface area contributed by atoms with Crippen LogP contribution in [0.1, 0.15) is 38.7 Å². The third-order valence-corrected chi connectivity index (χ3v) is 4.42. The fourth-order valence-corrected chi connectivity index (χ4v) is 3.20. The monoisotopic (exact) mass is 234 g/mol. The van der Waals surface area contributed by atoms with E-state index in [9.17, 15) is 0 Å². The molecule has 0 aromatic heterocycles. The van der Waals surface area contributed by atoms with Gasteiger partial charge in [-0.25, -0.2) is 0 Å². The van der Waals surface area contributed by atoms with Crippen LogP contribution in [0.3, 0.4) is 0 Å². The van der Waals surface area contributed by atoms with Crippen molar-refractivity contribution in [2.24, 2.45) is 5.92 Å². The second kappa shape index (κ2) is 4.25. The van der Waals surface area contributed by atoms with Crippen molar-refractivity contribution >= 4 is 11.6 Å². The van der Waals surface area contributed by atoms with Crippen LogP contribution in [0.2, 0.25) is 5.02 Å². The Balaban J connectivity index is 2.45. The molecule has 1 aliphatic carbocycles. The lowest BCUT2D eigenvalue weighted by atomic mass is 9.64. The van der Waals surface area contributed by atoms with E-state index in [1.807, 2.05) is 12.1 Å². The molecule has 2 rings (SSSR count). The van der Waals surface area contributed by atoms with Crippen LogP contribution >= 0.6 is 11.6 Å². The average Bonchev–Trinajstić information content (AvgIpc) is 2.26. The van der Waals surface area contributed by atoms with Gasteiger partial charge in [0.1, 0.15) is 0 Å². The van der Waals surface area contributed by atoms with E-state index in [4.69, 9.17) is 11.6 Å². The van der Waals surface area contributed by atoms with Gasteiger partial charge in [0.2, 0.25) is 0 Å². The van der Waals surface area contributed by atoms with Gasteiger partial charge < -0.3 is 0 Å². The second-order valence-electron chi connectivity index (χ2n) is 5.13. The highest BCUT2D eigenvalue weighted by Crippen LogP contribution is 2.46. The van der Waals surface area contributed by atoms with E-state index in [1.54, 1.807) is 0 Å². The minimum atomic E-state index is 0.0655. The van der Waals surface area contributed by atoms with E-state index in [0.29, 0.717) is 5.92 Å². The van der Waals surface area contributed by atoms with E-state index in [0.717, 1.165) is 5.02 Å². The molecule has 2 unspecified atom stereocenters. The Morgan fingerprint density at radius 2 is 2.06 bits per heavy atom. The molecular formula is C15H19Cl. The van der Waals surface area contributed by atoms with Crippen molar-refractivity contribution in [1.82, 2.24) is 0 Å². The number of benzene rings is 1. The van der Waals surface area contributed by atoms with Crippen LogP contribution in [-0.4, -0.2) is 0 Å². The van der Waals surface area contributed by atoms with E-state index in [1.165, 1.54) is 30.4 Å². The summed E-state index contributed by atoms with van der Waals surface area (Å²) in [5.74, 6) is 0.607. The average molecular weight is 235 g/mol. The lowest BCUT2D eigenvalue weighted by Gasteiger charge is -2.40. The van der Waals surface area contributed by atoms with E-state index < -0.39 is 0 Å². The first kappa shape index (κ1) is 11.7. The Hall–Kier alpha value is -0.750. The molecule has 86 valence electrons. The van der Waals surface area contributed by atoms with Crippen molar-refractivity contribution in [2.75, 3.05) is 0 Å². The Kier molecular flexibility index (Phi) is 3.12. The predicted octanol–water partition coefficient (Wildman–Crippen LogP) is 4.97. The fourth-order valence-electron chi connectivity index (χ4n) is 2.86. The van der Waals surface area contributed by atoms with Crippen molar-refractivity contribution in [1.29, 1.82) is 0 Å². The van der Waals surface area contributed by atoms with E-state index in [2.05, 4.69) is 32.6 Å². The Labute approximate surface area is 103 Å². The third-order valence-electron chi connectivity index (χ3n) is 4.09. The topological polar surface area (TPSA) is 0 Å². The second-order valence-corrected chi connectivity index (χ2v) is 5.54. The van der Waals surface area contributed by atoms with Crippen molar-refractivity contribution in [2.45, 2.75) is 38.5 Å². The summed E-state index contributed by atoms with van der Waals surface area (Å²) in [5.41, 5.74) is 2.65. The summed E-state index contributed by atoms with van der Waals surface area (Å²) in [6.07, 6.45) is 3.70. The van der Waals surface area contributed by atoms with Gasteiger partial charge in [-0.1, -0.05) is 62.2 Å². The van der Waals surface area contributed by atoms with Gasteiger partial charge in [-0.2, -0.15) is 0 Å². The molecule has 0 saturated heterocycles. The molecule has 1 fully saturated rings. The maximum atomic E-state index is 6.32. The van der Waals surface area contributed by atoms with Crippen molar-refractivity contribution in [3.8, 4) is 0 Å². The standard InChI is InChI=1S/C15H19Cl/c1-11-7-6-10-15(3,12(11)2)13-8-4-5-9-14(13)16/h4-5,8-9,11H,2,6-7,10H2,1,3H3. The lowest BCUT2D eigenvalue weighted by molar-refractivity contribution is 0.354. The molecule has 0 radical (unpaired) electrons. The van der Waals surface area contributed by atoms with Crippen molar-refractivity contribution in [3.05, 3.63) is 47.0 Å². The minimum Gasteiger partial charge on any atom is -0.0987 e. The zero-order chi connectivity index (χ0) is 11.8. The highest BCUT2D eigenvalue weighted by Gasteiger charge is 2.36. The van der Waals surface area contributed by atoms with Gasteiger partial charge in [0, 0.05) is 10.4 Å². The summed E-state index contributed by atoms with van der Waals surface area (Å²) in [6, 6.07) is 8.18. The van der Waals surface area contributed by atoms with Crippen molar-refractivity contribution in [3.63, 3.8) is 0 Å². The van der Waals surface area contributed by atoms with Gasteiger partial charge in [-0.15, -0.1) is 0 Å². The quantitative estimate of drug-likeness (QED) is 0.602. The summed E-state index contributed by atoms with van der Waals surface area (Å²) in [7, 11) is 0. The Bertz CT molecular complexity index is 408. The van der Waals surface area contributed by atoms with Crippen LogP contribution in [0.25, 0.3) is 0 Å². The summed E-state index contributed by atoms with van der Waals surface area (Å²) in [6.45, 7) is 8.87. The van der Waals surface area contributed by atoms with E-state index in [-0.39, 0.29) is 5.41 Å². The molecule has 0 aliphatic heterocycles. The molecule has 1 aromatic rings. The first-order valence-corrected chi connectivity index (χ1v) is 6.38. The summed E-state index contributed by atoms with van der Waals surface area (Å²) >= 11 is 6.32. The van der Waals surface area contributed by atoms with Gasteiger partial charge >= 0.3 is 0 Å². The zero-order valence-electron chi connectivity index (χ0n) is 10.1. The third kappa shape index (κ3) is 1.80. The Morgan fingerprint density at radius 1 is 1.38 bits per heavy atom. The van der Waals surface area contributed by atoms with Gasteiger partial charge in [0.15, 0.2) is 0 Å². The fraction of sp³-hybridized carbons (Fsp3) is 0.467.